The molecule has 0 bridgehead atoms. The van der Waals surface area contributed by atoms with E-state index < -0.39 is 0 Å². The molecule has 0 atom stereocenters. The van der Waals surface area contributed by atoms with E-state index in [2.05, 4.69) is 18.8 Å². The molecule has 112 valence electrons. The zero-order valence-corrected chi connectivity index (χ0v) is 12.6. The lowest BCUT2D eigenvalue weighted by molar-refractivity contribution is -0.112. The Morgan fingerprint density at radius 2 is 1.77 bits per heavy atom. The van der Waals surface area contributed by atoms with Gasteiger partial charge in [0.2, 0.25) is 0 Å². The molecule has 2 aromatic rings. The van der Waals surface area contributed by atoms with Crippen molar-refractivity contribution < 1.29 is 9.18 Å². The van der Waals surface area contributed by atoms with Gasteiger partial charge in [0.05, 0.1) is 11.4 Å². The lowest BCUT2D eigenvalue weighted by atomic mass is 10.1. The molecule has 0 fully saturated rings. The third-order valence-electron chi connectivity index (χ3n) is 3.51. The highest BCUT2D eigenvalue weighted by molar-refractivity contribution is 6.54. The zero-order valence-electron chi connectivity index (χ0n) is 12.6. The molecule has 0 unspecified atom stereocenters. The van der Waals surface area contributed by atoms with E-state index in [0.717, 1.165) is 11.3 Å². The fourth-order valence-electron chi connectivity index (χ4n) is 2.56. The van der Waals surface area contributed by atoms with E-state index in [1.807, 2.05) is 24.3 Å². The first-order chi connectivity index (χ1) is 10.6. The van der Waals surface area contributed by atoms with Gasteiger partial charge in [0.1, 0.15) is 11.5 Å². The smallest absolute Gasteiger partial charge is 0.277 e. The standard InChI is InChI=1S/C18H17FN2O/c1-12(2)11-21-16-6-4-3-5-15(16)17(18(21)22)20-14-9-7-13(19)8-10-14/h3-10,12H,11H2,1-2H3. The van der Waals surface area contributed by atoms with Crippen molar-refractivity contribution in [3.8, 4) is 0 Å². The summed E-state index contributed by atoms with van der Waals surface area (Å²) in [7, 11) is 0. The van der Waals surface area contributed by atoms with E-state index >= 15 is 0 Å². The Morgan fingerprint density at radius 3 is 2.45 bits per heavy atom. The van der Waals surface area contributed by atoms with Crippen LogP contribution in [0.15, 0.2) is 53.5 Å². The molecule has 3 rings (SSSR count). The molecule has 4 heteroatoms. The summed E-state index contributed by atoms with van der Waals surface area (Å²) in [4.78, 5) is 18.9. The van der Waals surface area contributed by atoms with Crippen molar-refractivity contribution in [2.45, 2.75) is 13.8 Å². The van der Waals surface area contributed by atoms with Gasteiger partial charge in [-0.15, -0.1) is 0 Å². The fraction of sp³-hybridized carbons (Fsp3) is 0.222. The molecular weight excluding hydrogens is 279 g/mol. The van der Waals surface area contributed by atoms with Crippen LogP contribution in [0.2, 0.25) is 0 Å². The summed E-state index contributed by atoms with van der Waals surface area (Å²) in [5, 5.41) is 0. The van der Waals surface area contributed by atoms with Crippen LogP contribution in [0.5, 0.6) is 0 Å². The number of nitrogens with zero attached hydrogens (tertiary/aromatic N) is 2. The van der Waals surface area contributed by atoms with Gasteiger partial charge in [0, 0.05) is 12.1 Å². The average Bonchev–Trinajstić information content (AvgIpc) is 2.75. The molecule has 22 heavy (non-hydrogen) atoms. The van der Waals surface area contributed by atoms with E-state index in [1.54, 1.807) is 17.0 Å². The first-order valence-electron chi connectivity index (χ1n) is 7.32. The van der Waals surface area contributed by atoms with Crippen LogP contribution in [0.3, 0.4) is 0 Å². The van der Waals surface area contributed by atoms with E-state index in [0.29, 0.717) is 23.9 Å². The molecule has 0 N–H and O–H groups in total. The lowest BCUT2D eigenvalue weighted by Gasteiger charge is -2.18. The van der Waals surface area contributed by atoms with Gasteiger partial charge in [0.15, 0.2) is 0 Å². The number of carbonyl (C=O) groups excluding carboxylic acids is 1. The maximum Gasteiger partial charge on any atom is 0.277 e. The Bertz CT molecular complexity index is 735. The van der Waals surface area contributed by atoms with Crippen LogP contribution in [0.1, 0.15) is 19.4 Å². The first-order valence-corrected chi connectivity index (χ1v) is 7.32. The van der Waals surface area contributed by atoms with Crippen molar-refractivity contribution in [3.05, 3.63) is 59.9 Å². The molecule has 0 saturated carbocycles. The number of rotatable bonds is 3. The molecule has 3 nitrogen and oxygen atoms in total. The minimum atomic E-state index is -0.316. The Labute approximate surface area is 129 Å². The Kier molecular flexibility index (Phi) is 3.75. The van der Waals surface area contributed by atoms with Gasteiger partial charge < -0.3 is 4.90 Å². The summed E-state index contributed by atoms with van der Waals surface area (Å²) in [6, 6.07) is 13.5. The second-order valence-electron chi connectivity index (χ2n) is 5.76. The molecule has 1 aliphatic heterocycles. The van der Waals surface area contributed by atoms with E-state index in [1.165, 1.54) is 12.1 Å². The lowest BCUT2D eigenvalue weighted by Crippen LogP contribution is -2.33. The van der Waals surface area contributed by atoms with Crippen molar-refractivity contribution in [2.24, 2.45) is 10.9 Å². The minimum Gasteiger partial charge on any atom is -0.306 e. The van der Waals surface area contributed by atoms with Crippen molar-refractivity contribution in [1.82, 2.24) is 0 Å². The monoisotopic (exact) mass is 296 g/mol. The summed E-state index contributed by atoms with van der Waals surface area (Å²) in [6.45, 7) is 4.80. The largest absolute Gasteiger partial charge is 0.306 e. The highest BCUT2D eigenvalue weighted by atomic mass is 19.1. The van der Waals surface area contributed by atoms with Gasteiger partial charge in [0.25, 0.3) is 5.91 Å². The van der Waals surface area contributed by atoms with Crippen LogP contribution in [0, 0.1) is 11.7 Å². The normalized spacial score (nSPS) is 15.7. The fourth-order valence-corrected chi connectivity index (χ4v) is 2.56. The van der Waals surface area contributed by atoms with Crippen molar-refractivity contribution in [2.75, 3.05) is 11.4 Å². The first kappa shape index (κ1) is 14.4. The van der Waals surface area contributed by atoms with Gasteiger partial charge in [-0.2, -0.15) is 0 Å². The molecule has 2 aromatic carbocycles. The quantitative estimate of drug-likeness (QED) is 0.844. The number of hydrogen-bond donors (Lipinski definition) is 0. The number of amides is 1. The molecule has 1 amide bonds. The SMILES string of the molecule is CC(C)CN1C(=O)C(=Nc2ccc(F)cc2)c2ccccc21. The van der Waals surface area contributed by atoms with Crippen LogP contribution in [0.25, 0.3) is 0 Å². The van der Waals surface area contributed by atoms with Crippen molar-refractivity contribution in [3.63, 3.8) is 0 Å². The number of carbonyl (C=O) groups is 1. The molecular formula is C18H17FN2O. The maximum atomic E-state index is 13.0. The number of halogens is 1. The summed E-state index contributed by atoms with van der Waals surface area (Å²) in [6.07, 6.45) is 0. The molecule has 0 radical (unpaired) electrons. The molecule has 1 heterocycles. The molecule has 0 saturated heterocycles. The Morgan fingerprint density at radius 1 is 1.09 bits per heavy atom. The number of para-hydroxylation sites is 1. The third-order valence-corrected chi connectivity index (χ3v) is 3.51. The molecule has 1 aliphatic rings. The van der Waals surface area contributed by atoms with Crippen LogP contribution in [0.4, 0.5) is 15.8 Å². The summed E-state index contributed by atoms with van der Waals surface area (Å²) < 4.78 is 13.0. The van der Waals surface area contributed by atoms with Crippen LogP contribution < -0.4 is 4.90 Å². The minimum absolute atomic E-state index is 0.0979. The maximum absolute atomic E-state index is 13.0. The second-order valence-corrected chi connectivity index (χ2v) is 5.76. The van der Waals surface area contributed by atoms with Gasteiger partial charge >= 0.3 is 0 Å². The van der Waals surface area contributed by atoms with Crippen molar-refractivity contribution in [1.29, 1.82) is 0 Å². The molecule has 0 aliphatic carbocycles. The zero-order chi connectivity index (χ0) is 15.7. The van der Waals surface area contributed by atoms with Gasteiger partial charge in [-0.25, -0.2) is 9.38 Å². The predicted octanol–water partition coefficient (Wildman–Crippen LogP) is 3.95. The number of anilines is 1. The highest BCUT2D eigenvalue weighted by Crippen LogP contribution is 2.31. The Balaban J connectivity index is 2.05. The second kappa shape index (κ2) is 5.72. The molecule has 0 aromatic heterocycles. The summed E-state index contributed by atoms with van der Waals surface area (Å²) in [5.74, 6) is -0.0510. The number of fused-ring (bicyclic) bond motifs is 1. The number of hydrogen-bond acceptors (Lipinski definition) is 2. The predicted molar refractivity (Wildman–Crippen MR) is 86.2 cm³/mol. The topological polar surface area (TPSA) is 32.7 Å². The van der Waals surface area contributed by atoms with E-state index in [9.17, 15) is 9.18 Å². The molecule has 0 spiro atoms. The highest BCUT2D eigenvalue weighted by Gasteiger charge is 2.33. The average molecular weight is 296 g/mol. The summed E-state index contributed by atoms with van der Waals surface area (Å²) in [5.41, 5.74) is 2.72. The number of aliphatic imine (C=N–C) groups is 1. The van der Waals surface area contributed by atoms with E-state index in [-0.39, 0.29) is 11.7 Å². The van der Waals surface area contributed by atoms with Crippen LogP contribution in [-0.2, 0) is 4.79 Å². The van der Waals surface area contributed by atoms with Crippen LogP contribution >= 0.6 is 0 Å². The van der Waals surface area contributed by atoms with Gasteiger partial charge in [-0.3, -0.25) is 4.79 Å². The number of benzene rings is 2. The van der Waals surface area contributed by atoms with Crippen molar-refractivity contribution >= 4 is 23.0 Å². The van der Waals surface area contributed by atoms with Gasteiger partial charge in [-0.1, -0.05) is 32.0 Å². The van der Waals surface area contributed by atoms with Crippen LogP contribution in [-0.4, -0.2) is 18.2 Å². The Hall–Kier alpha value is -2.49. The third kappa shape index (κ3) is 2.64. The van der Waals surface area contributed by atoms with E-state index in [4.69, 9.17) is 0 Å². The van der Waals surface area contributed by atoms with Gasteiger partial charge in [-0.05, 0) is 36.2 Å². The summed E-state index contributed by atoms with van der Waals surface area (Å²) >= 11 is 0.